The molecule has 1 aromatic carbocycles. The molecule has 0 aromatic heterocycles. The van der Waals surface area contributed by atoms with Crippen LogP contribution in [0, 0.1) is 10.1 Å². The SMILES string of the molecule is CCNC(=O)CCNc1cccc(NCC)c1[N+](=O)[O-]. The van der Waals surface area contributed by atoms with Crippen molar-refractivity contribution in [2.45, 2.75) is 20.3 Å². The number of rotatable bonds is 8. The van der Waals surface area contributed by atoms with E-state index in [1.54, 1.807) is 18.2 Å². The second-order valence-corrected chi connectivity index (χ2v) is 4.12. The second kappa shape index (κ2) is 7.98. The maximum atomic E-state index is 11.3. The fourth-order valence-electron chi connectivity index (χ4n) is 1.81. The van der Waals surface area contributed by atoms with Crippen LogP contribution in [-0.2, 0) is 4.79 Å². The lowest BCUT2D eigenvalue weighted by Gasteiger charge is -2.10. The largest absolute Gasteiger partial charge is 0.380 e. The molecule has 1 rings (SSSR count). The van der Waals surface area contributed by atoms with E-state index in [1.165, 1.54) is 0 Å². The zero-order chi connectivity index (χ0) is 15.0. The van der Waals surface area contributed by atoms with Gasteiger partial charge in [-0.3, -0.25) is 14.9 Å². The van der Waals surface area contributed by atoms with Gasteiger partial charge in [-0.25, -0.2) is 0 Å². The average molecular weight is 280 g/mol. The first-order valence-corrected chi connectivity index (χ1v) is 6.62. The van der Waals surface area contributed by atoms with E-state index in [4.69, 9.17) is 0 Å². The molecule has 1 aromatic rings. The Hall–Kier alpha value is -2.31. The van der Waals surface area contributed by atoms with Crippen LogP contribution < -0.4 is 16.0 Å². The number of nitro groups is 1. The van der Waals surface area contributed by atoms with Gasteiger partial charge in [-0.15, -0.1) is 0 Å². The number of para-hydroxylation sites is 1. The van der Waals surface area contributed by atoms with Crippen molar-refractivity contribution < 1.29 is 9.72 Å². The monoisotopic (exact) mass is 280 g/mol. The summed E-state index contributed by atoms with van der Waals surface area (Å²) in [5.74, 6) is -0.0782. The third-order valence-electron chi connectivity index (χ3n) is 2.63. The quantitative estimate of drug-likeness (QED) is 0.499. The Morgan fingerprint density at radius 3 is 2.40 bits per heavy atom. The summed E-state index contributed by atoms with van der Waals surface area (Å²) in [7, 11) is 0. The molecule has 0 spiro atoms. The van der Waals surface area contributed by atoms with Crippen molar-refractivity contribution in [1.29, 1.82) is 0 Å². The third kappa shape index (κ3) is 4.42. The summed E-state index contributed by atoms with van der Waals surface area (Å²) >= 11 is 0. The van der Waals surface area contributed by atoms with E-state index in [0.29, 0.717) is 31.0 Å². The van der Waals surface area contributed by atoms with E-state index in [0.717, 1.165) is 0 Å². The van der Waals surface area contributed by atoms with Crippen molar-refractivity contribution in [3.63, 3.8) is 0 Å². The summed E-state index contributed by atoms with van der Waals surface area (Å²) in [5.41, 5.74) is 0.892. The molecule has 110 valence electrons. The fourth-order valence-corrected chi connectivity index (χ4v) is 1.81. The van der Waals surface area contributed by atoms with Gasteiger partial charge in [0.05, 0.1) is 4.92 Å². The second-order valence-electron chi connectivity index (χ2n) is 4.12. The number of hydrogen-bond donors (Lipinski definition) is 3. The predicted octanol–water partition coefficient (Wildman–Crippen LogP) is 1.96. The standard InChI is InChI=1S/C13H20N4O3/c1-3-14-10-6-5-7-11(13(10)17(19)20)16-9-8-12(18)15-4-2/h5-7,14,16H,3-4,8-9H2,1-2H3,(H,15,18). The average Bonchev–Trinajstić information content (AvgIpc) is 2.39. The number of benzene rings is 1. The van der Waals surface area contributed by atoms with E-state index in [1.807, 2.05) is 13.8 Å². The van der Waals surface area contributed by atoms with E-state index < -0.39 is 4.92 Å². The molecular weight excluding hydrogens is 260 g/mol. The van der Waals surface area contributed by atoms with Crippen LogP contribution in [-0.4, -0.2) is 30.5 Å². The number of carbonyl (C=O) groups is 1. The van der Waals surface area contributed by atoms with Gasteiger partial charge in [-0.05, 0) is 26.0 Å². The van der Waals surface area contributed by atoms with Gasteiger partial charge < -0.3 is 16.0 Å². The zero-order valence-corrected chi connectivity index (χ0v) is 11.7. The number of nitrogens with one attached hydrogen (secondary N) is 3. The summed E-state index contributed by atoms with van der Waals surface area (Å²) in [6.45, 7) is 5.25. The lowest BCUT2D eigenvalue weighted by molar-refractivity contribution is -0.383. The van der Waals surface area contributed by atoms with Gasteiger partial charge in [0.1, 0.15) is 11.4 Å². The predicted molar refractivity (Wildman–Crippen MR) is 79.1 cm³/mol. The van der Waals surface area contributed by atoms with Crippen LogP contribution in [0.1, 0.15) is 20.3 Å². The van der Waals surface area contributed by atoms with E-state index in [-0.39, 0.29) is 18.0 Å². The van der Waals surface area contributed by atoms with Gasteiger partial charge in [-0.2, -0.15) is 0 Å². The number of nitro benzene ring substituents is 1. The van der Waals surface area contributed by atoms with Crippen molar-refractivity contribution >= 4 is 23.0 Å². The Kier molecular flexibility index (Phi) is 6.28. The molecule has 0 unspecified atom stereocenters. The van der Waals surface area contributed by atoms with Crippen molar-refractivity contribution in [2.75, 3.05) is 30.3 Å². The van der Waals surface area contributed by atoms with Gasteiger partial charge in [-0.1, -0.05) is 6.07 Å². The molecule has 0 bridgehead atoms. The third-order valence-corrected chi connectivity index (χ3v) is 2.63. The minimum atomic E-state index is -0.424. The Bertz CT molecular complexity index is 477. The molecule has 0 saturated carbocycles. The van der Waals surface area contributed by atoms with Crippen LogP contribution in [0.15, 0.2) is 18.2 Å². The van der Waals surface area contributed by atoms with Crippen molar-refractivity contribution in [3.8, 4) is 0 Å². The van der Waals surface area contributed by atoms with Crippen LogP contribution in [0.25, 0.3) is 0 Å². The molecule has 0 aliphatic rings. The molecule has 0 aliphatic heterocycles. The Morgan fingerprint density at radius 1 is 1.20 bits per heavy atom. The van der Waals surface area contributed by atoms with Gasteiger partial charge in [0.15, 0.2) is 0 Å². The molecule has 20 heavy (non-hydrogen) atoms. The maximum absolute atomic E-state index is 11.3. The smallest absolute Gasteiger partial charge is 0.315 e. The summed E-state index contributed by atoms with van der Waals surface area (Å²) in [5, 5.41) is 19.7. The molecule has 0 aliphatic carbocycles. The molecular formula is C13H20N4O3. The van der Waals surface area contributed by atoms with Crippen LogP contribution in [0.5, 0.6) is 0 Å². The number of carbonyl (C=O) groups excluding carboxylic acids is 1. The van der Waals surface area contributed by atoms with Crippen LogP contribution >= 0.6 is 0 Å². The minimum absolute atomic E-state index is 0.00486. The Balaban J connectivity index is 2.76. The Morgan fingerprint density at radius 2 is 1.85 bits per heavy atom. The summed E-state index contributed by atoms with van der Waals surface area (Å²) in [6, 6.07) is 5.03. The highest BCUT2D eigenvalue weighted by atomic mass is 16.6. The molecule has 0 atom stereocenters. The van der Waals surface area contributed by atoms with Crippen molar-refractivity contribution in [1.82, 2.24) is 5.32 Å². The zero-order valence-electron chi connectivity index (χ0n) is 11.7. The maximum Gasteiger partial charge on any atom is 0.315 e. The first kappa shape index (κ1) is 15.7. The molecule has 0 fully saturated rings. The van der Waals surface area contributed by atoms with Crippen LogP contribution in [0.4, 0.5) is 17.1 Å². The summed E-state index contributed by atoms with van der Waals surface area (Å²) in [4.78, 5) is 22.1. The highest BCUT2D eigenvalue weighted by Crippen LogP contribution is 2.32. The van der Waals surface area contributed by atoms with Crippen molar-refractivity contribution in [2.24, 2.45) is 0 Å². The number of nitrogens with zero attached hydrogens (tertiary/aromatic N) is 1. The van der Waals surface area contributed by atoms with Crippen molar-refractivity contribution in [3.05, 3.63) is 28.3 Å². The fraction of sp³-hybridized carbons (Fsp3) is 0.462. The molecule has 7 heteroatoms. The molecule has 0 radical (unpaired) electrons. The van der Waals surface area contributed by atoms with Crippen LogP contribution in [0.3, 0.4) is 0 Å². The molecule has 0 heterocycles. The molecule has 3 N–H and O–H groups in total. The normalized spacial score (nSPS) is 9.90. The number of anilines is 2. The molecule has 0 saturated heterocycles. The lowest BCUT2D eigenvalue weighted by atomic mass is 10.2. The summed E-state index contributed by atoms with van der Waals surface area (Å²) in [6.07, 6.45) is 0.274. The lowest BCUT2D eigenvalue weighted by Crippen LogP contribution is -2.24. The highest BCUT2D eigenvalue weighted by Gasteiger charge is 2.18. The minimum Gasteiger partial charge on any atom is -0.380 e. The van der Waals surface area contributed by atoms with Gasteiger partial charge in [0.25, 0.3) is 0 Å². The highest BCUT2D eigenvalue weighted by molar-refractivity contribution is 5.78. The van der Waals surface area contributed by atoms with E-state index >= 15 is 0 Å². The van der Waals surface area contributed by atoms with E-state index in [2.05, 4.69) is 16.0 Å². The van der Waals surface area contributed by atoms with E-state index in [9.17, 15) is 14.9 Å². The topological polar surface area (TPSA) is 96.3 Å². The first-order valence-electron chi connectivity index (χ1n) is 6.62. The van der Waals surface area contributed by atoms with Gasteiger partial charge >= 0.3 is 5.69 Å². The molecule has 7 nitrogen and oxygen atoms in total. The van der Waals surface area contributed by atoms with Gasteiger partial charge in [0.2, 0.25) is 5.91 Å². The first-order chi connectivity index (χ1) is 9.60. The summed E-state index contributed by atoms with van der Waals surface area (Å²) < 4.78 is 0. The van der Waals surface area contributed by atoms with Crippen LogP contribution in [0.2, 0.25) is 0 Å². The number of amides is 1. The number of hydrogen-bond acceptors (Lipinski definition) is 5. The van der Waals surface area contributed by atoms with Gasteiger partial charge in [0, 0.05) is 26.1 Å². The Labute approximate surface area is 117 Å². The molecule has 1 amide bonds.